The fraction of sp³-hybridized carbons (Fsp3) is 0.812. The van der Waals surface area contributed by atoms with Crippen LogP contribution in [0.1, 0.15) is 47.5 Å². The van der Waals surface area contributed by atoms with Gasteiger partial charge in [-0.25, -0.2) is 4.79 Å². The lowest BCUT2D eigenvalue weighted by molar-refractivity contribution is -0.129. The van der Waals surface area contributed by atoms with E-state index < -0.39 is 35.6 Å². The third kappa shape index (κ3) is 9.00. The molecule has 8 heteroatoms. The molecule has 0 heterocycles. The average Bonchev–Trinajstić information content (AvgIpc) is 2.45. The predicted octanol–water partition coefficient (Wildman–Crippen LogP) is 1.65. The Kier molecular flexibility index (Phi) is 9.80. The summed E-state index contributed by atoms with van der Waals surface area (Å²) in [6.45, 7) is 9.01. The van der Waals surface area contributed by atoms with Crippen LogP contribution in [0, 0.1) is 5.92 Å². The zero-order chi connectivity index (χ0) is 18.9. The predicted molar refractivity (Wildman–Crippen MR) is 96.7 cm³/mol. The number of hydrogen-bond acceptors (Lipinski definition) is 5. The molecule has 0 spiro atoms. The Morgan fingerprint density at radius 2 is 1.79 bits per heavy atom. The maximum atomic E-state index is 12.5. The Balaban J connectivity index is 4.99. The fourth-order valence-corrected chi connectivity index (χ4v) is 2.39. The lowest BCUT2D eigenvalue weighted by Gasteiger charge is -2.27. The molecule has 0 aliphatic heterocycles. The summed E-state index contributed by atoms with van der Waals surface area (Å²) in [6, 6.07) is -1.54. The first-order chi connectivity index (χ1) is 11.0. The topological polar surface area (TPSA) is 111 Å². The highest BCUT2D eigenvalue weighted by atomic mass is 32.2. The number of primary amides is 1. The number of ether oxygens (including phenoxy) is 1. The van der Waals surface area contributed by atoms with E-state index in [-0.39, 0.29) is 5.92 Å². The van der Waals surface area contributed by atoms with Crippen molar-refractivity contribution < 1.29 is 19.1 Å². The van der Waals surface area contributed by atoms with Gasteiger partial charge in [-0.05, 0) is 45.1 Å². The number of nitrogens with one attached hydrogen (secondary N) is 2. The maximum absolute atomic E-state index is 12.5. The second-order valence-electron chi connectivity index (χ2n) is 6.75. The summed E-state index contributed by atoms with van der Waals surface area (Å²) >= 11 is 1.56. The first-order valence-corrected chi connectivity index (χ1v) is 9.49. The van der Waals surface area contributed by atoms with Gasteiger partial charge in [-0.3, -0.25) is 9.59 Å². The summed E-state index contributed by atoms with van der Waals surface area (Å²) in [4.78, 5) is 36.0. The number of thioether (sulfide) groups is 1. The molecule has 0 saturated carbocycles. The molecule has 0 unspecified atom stereocenters. The van der Waals surface area contributed by atoms with E-state index in [1.54, 1.807) is 32.5 Å². The van der Waals surface area contributed by atoms with E-state index in [1.165, 1.54) is 0 Å². The average molecular weight is 362 g/mol. The van der Waals surface area contributed by atoms with Crippen LogP contribution in [0.25, 0.3) is 0 Å². The van der Waals surface area contributed by atoms with Crippen LogP contribution in [0.2, 0.25) is 0 Å². The highest BCUT2D eigenvalue weighted by molar-refractivity contribution is 7.98. The van der Waals surface area contributed by atoms with Crippen LogP contribution in [0.3, 0.4) is 0 Å². The van der Waals surface area contributed by atoms with Crippen LogP contribution in [0.4, 0.5) is 4.79 Å². The van der Waals surface area contributed by atoms with E-state index in [9.17, 15) is 14.4 Å². The number of amides is 3. The third-order valence-electron chi connectivity index (χ3n) is 3.44. The summed E-state index contributed by atoms with van der Waals surface area (Å²) in [7, 11) is 0. The minimum Gasteiger partial charge on any atom is -0.444 e. The molecule has 24 heavy (non-hydrogen) atoms. The molecule has 0 bridgehead atoms. The van der Waals surface area contributed by atoms with E-state index in [0.717, 1.165) is 0 Å². The molecule has 3 amide bonds. The smallest absolute Gasteiger partial charge is 0.408 e. The van der Waals surface area contributed by atoms with Gasteiger partial charge in [0.1, 0.15) is 17.7 Å². The van der Waals surface area contributed by atoms with Gasteiger partial charge in [-0.15, -0.1) is 0 Å². The number of carbonyl (C=O) groups is 3. The molecule has 0 aliphatic carbocycles. The van der Waals surface area contributed by atoms with Crippen molar-refractivity contribution in [1.29, 1.82) is 0 Å². The molecule has 0 fully saturated rings. The van der Waals surface area contributed by atoms with Crippen molar-refractivity contribution >= 4 is 29.7 Å². The lowest BCUT2D eigenvalue weighted by Crippen LogP contribution is -2.55. The van der Waals surface area contributed by atoms with Gasteiger partial charge in [-0.1, -0.05) is 20.3 Å². The highest BCUT2D eigenvalue weighted by Gasteiger charge is 2.30. The number of rotatable bonds is 9. The molecule has 7 nitrogen and oxygen atoms in total. The molecule has 0 rings (SSSR count). The van der Waals surface area contributed by atoms with Gasteiger partial charge < -0.3 is 21.1 Å². The minimum atomic E-state index is -0.791. The van der Waals surface area contributed by atoms with Crippen molar-refractivity contribution in [1.82, 2.24) is 10.6 Å². The Hall–Kier alpha value is -1.44. The summed E-state index contributed by atoms with van der Waals surface area (Å²) < 4.78 is 5.21. The zero-order valence-electron chi connectivity index (χ0n) is 15.5. The first-order valence-electron chi connectivity index (χ1n) is 8.10. The van der Waals surface area contributed by atoms with E-state index in [0.29, 0.717) is 18.6 Å². The van der Waals surface area contributed by atoms with Crippen LogP contribution >= 0.6 is 11.8 Å². The van der Waals surface area contributed by atoms with E-state index in [2.05, 4.69) is 10.6 Å². The second kappa shape index (κ2) is 10.4. The standard InChI is InChI=1S/C16H31N3O4S/c1-7-10(2)12(19-15(22)23-16(3,4)5)14(21)18-11(13(17)20)8-9-24-6/h10-12H,7-9H2,1-6H3,(H2,17,20)(H,18,21)(H,19,22)/t10-,11+,12+/m1/s1. The van der Waals surface area contributed by atoms with Gasteiger partial charge in [0, 0.05) is 0 Å². The van der Waals surface area contributed by atoms with Crippen LogP contribution < -0.4 is 16.4 Å². The summed E-state index contributed by atoms with van der Waals surface area (Å²) in [5, 5.41) is 5.23. The molecule has 0 aromatic rings. The number of nitrogens with two attached hydrogens (primary N) is 1. The van der Waals surface area contributed by atoms with E-state index >= 15 is 0 Å². The van der Waals surface area contributed by atoms with Crippen molar-refractivity contribution in [2.75, 3.05) is 12.0 Å². The van der Waals surface area contributed by atoms with Crippen molar-refractivity contribution in [2.45, 2.75) is 65.1 Å². The van der Waals surface area contributed by atoms with Gasteiger partial charge >= 0.3 is 6.09 Å². The van der Waals surface area contributed by atoms with E-state index in [1.807, 2.05) is 20.1 Å². The number of alkyl carbamates (subject to hydrolysis) is 1. The minimum absolute atomic E-state index is 0.119. The molecule has 0 aromatic heterocycles. The van der Waals surface area contributed by atoms with Crippen LogP contribution in [0.15, 0.2) is 0 Å². The summed E-state index contributed by atoms with van der Waals surface area (Å²) in [6.07, 6.45) is 2.37. The van der Waals surface area contributed by atoms with Gasteiger partial charge in [0.2, 0.25) is 11.8 Å². The molecule has 0 radical (unpaired) electrons. The summed E-state index contributed by atoms with van der Waals surface area (Å²) in [5.41, 5.74) is 4.69. The van der Waals surface area contributed by atoms with Crippen LogP contribution in [0.5, 0.6) is 0 Å². The normalized spacial score (nSPS) is 15.1. The molecular weight excluding hydrogens is 330 g/mol. The van der Waals surface area contributed by atoms with Crippen LogP contribution in [-0.4, -0.2) is 47.6 Å². The maximum Gasteiger partial charge on any atom is 0.408 e. The molecule has 0 aliphatic rings. The van der Waals surface area contributed by atoms with E-state index in [4.69, 9.17) is 10.5 Å². The number of carbonyl (C=O) groups excluding carboxylic acids is 3. The highest BCUT2D eigenvalue weighted by Crippen LogP contribution is 2.12. The Labute approximate surface area is 148 Å². The Morgan fingerprint density at radius 1 is 1.21 bits per heavy atom. The Morgan fingerprint density at radius 3 is 2.21 bits per heavy atom. The first kappa shape index (κ1) is 22.6. The fourth-order valence-electron chi connectivity index (χ4n) is 1.92. The quantitative estimate of drug-likeness (QED) is 0.578. The molecule has 0 aromatic carbocycles. The molecular formula is C16H31N3O4S. The Bertz CT molecular complexity index is 438. The molecule has 3 atom stereocenters. The van der Waals surface area contributed by atoms with Gasteiger partial charge in [0.25, 0.3) is 0 Å². The van der Waals surface area contributed by atoms with Crippen molar-refractivity contribution in [2.24, 2.45) is 11.7 Å². The molecule has 140 valence electrons. The van der Waals surface area contributed by atoms with Gasteiger partial charge in [-0.2, -0.15) is 11.8 Å². The second-order valence-corrected chi connectivity index (χ2v) is 7.74. The van der Waals surface area contributed by atoms with Crippen molar-refractivity contribution in [3.05, 3.63) is 0 Å². The van der Waals surface area contributed by atoms with Gasteiger partial charge in [0.15, 0.2) is 0 Å². The van der Waals surface area contributed by atoms with Crippen molar-refractivity contribution in [3.8, 4) is 0 Å². The summed E-state index contributed by atoms with van der Waals surface area (Å²) in [5.74, 6) is -0.439. The van der Waals surface area contributed by atoms with Crippen molar-refractivity contribution in [3.63, 3.8) is 0 Å². The SMILES string of the molecule is CC[C@@H](C)[C@H](NC(=O)OC(C)(C)C)C(=O)N[C@@H](CCSC)C(N)=O. The zero-order valence-corrected chi connectivity index (χ0v) is 16.3. The molecule has 0 saturated heterocycles. The third-order valence-corrected chi connectivity index (χ3v) is 4.08. The number of hydrogen-bond donors (Lipinski definition) is 3. The largest absolute Gasteiger partial charge is 0.444 e. The molecule has 4 N–H and O–H groups in total. The lowest BCUT2D eigenvalue weighted by atomic mass is 9.98. The monoisotopic (exact) mass is 361 g/mol. The van der Waals surface area contributed by atoms with Gasteiger partial charge in [0.05, 0.1) is 0 Å². The van der Waals surface area contributed by atoms with Crippen LogP contribution in [-0.2, 0) is 14.3 Å².